The lowest BCUT2D eigenvalue weighted by atomic mass is 9.91. The first-order valence-electron chi connectivity index (χ1n) is 35.9. The van der Waals surface area contributed by atoms with E-state index in [1.54, 1.807) is 84.5 Å². The van der Waals surface area contributed by atoms with E-state index in [4.69, 9.17) is 17.2 Å². The molecule has 110 heavy (non-hydrogen) atoms. The lowest BCUT2D eigenvalue weighted by Gasteiger charge is -2.31. The number of thioether (sulfide) groups is 2. The summed E-state index contributed by atoms with van der Waals surface area (Å²) >= 11 is 2.59. The molecule has 0 fully saturated rings. The summed E-state index contributed by atoms with van der Waals surface area (Å²) in [7, 11) is 0. The van der Waals surface area contributed by atoms with Gasteiger partial charge >= 0.3 is 11.9 Å². The smallest absolute Gasteiger partial charge is 0.326 e. The van der Waals surface area contributed by atoms with E-state index in [2.05, 4.69) is 74.1 Å². The molecular formula is C69H111N17O22S2. The zero-order chi connectivity index (χ0) is 83.4. The third-order valence-corrected chi connectivity index (χ3v) is 19.0. The number of benzene rings is 1. The van der Waals surface area contributed by atoms with Gasteiger partial charge < -0.3 is 117 Å². The number of carboxylic acids is 2. The Morgan fingerprint density at radius 3 is 1.33 bits per heavy atom. The predicted molar refractivity (Wildman–Crippen MR) is 403 cm³/mol. The number of carbonyl (C=O) groups is 17. The quantitative estimate of drug-likeness (QED) is 0.0294. The third kappa shape index (κ3) is 32.5. The highest BCUT2D eigenvalue weighted by atomic mass is 32.2. The van der Waals surface area contributed by atoms with Gasteiger partial charge in [0.05, 0.1) is 32.2 Å². The first kappa shape index (κ1) is 96.4. The highest BCUT2D eigenvalue weighted by Gasteiger charge is 2.40. The van der Waals surface area contributed by atoms with Crippen LogP contribution in [0.2, 0.25) is 0 Å². The normalized spacial score (nSPS) is 15.6. The van der Waals surface area contributed by atoms with Crippen LogP contribution >= 0.6 is 23.5 Å². The second-order valence-corrected chi connectivity index (χ2v) is 28.9. The number of nitrogens with one attached hydrogen (secondary N) is 14. The monoisotopic (exact) mass is 1590 g/mol. The molecule has 0 radical (unpaired) electrons. The van der Waals surface area contributed by atoms with Gasteiger partial charge in [0.15, 0.2) is 0 Å². The highest BCUT2D eigenvalue weighted by Crippen LogP contribution is 2.22. The largest absolute Gasteiger partial charge is 0.481 e. The fraction of sp³-hybridized carbons (Fsp3) is 0.638. The van der Waals surface area contributed by atoms with Gasteiger partial charge in [-0.2, -0.15) is 23.5 Å². The van der Waals surface area contributed by atoms with Crippen molar-refractivity contribution in [2.45, 2.75) is 224 Å². The summed E-state index contributed by atoms with van der Waals surface area (Å²) in [6.07, 6.45) is 1.31. The molecule has 16 atom stereocenters. The molecular weight excluding hydrogens is 1480 g/mol. The van der Waals surface area contributed by atoms with E-state index in [1.165, 1.54) is 37.4 Å². The van der Waals surface area contributed by atoms with E-state index in [0.717, 1.165) is 6.92 Å². The van der Waals surface area contributed by atoms with Crippen molar-refractivity contribution >= 4 is 135 Å². The SMILES string of the molecule is CCC(CC)[C@H](NC(=O)[C@@H](NC(=O)[C@H](CO)NC(=O)[C@H](C)NC(=O)[C@H](CC(=O)O)NC(=O)[C@H](CC(C)C)NC(=O)[C@H](CO)NC(=O)[C@@H](N)[C@@H](C)O)[C@@H](C)CC)C(=O)N[C@@H](Cc1c[nH]c2ccccc12)C(=O)N[C@@H](C)C(=O)N[C@@H](CCSC)C(=O)N[C@@H](CCSC)C(=O)N[C@@H](CCC(N)=O)C(=O)N[C@@H](CC(N)=O)C(=O)O. The predicted octanol–water partition coefficient (Wildman–Crippen LogP) is -5.52. The van der Waals surface area contributed by atoms with Gasteiger partial charge in [-0.25, -0.2) is 4.79 Å². The minimum Gasteiger partial charge on any atom is -0.481 e. The molecule has 0 aliphatic rings. The Kier molecular flexibility index (Phi) is 42.7. The number of primary amides is 2. The summed E-state index contributed by atoms with van der Waals surface area (Å²) in [6, 6.07) is -15.1. The number of carboxylic acid groups (broad SMARTS) is 2. The molecule has 2 rings (SSSR count). The molecule has 0 spiro atoms. The van der Waals surface area contributed by atoms with Gasteiger partial charge in [0.2, 0.25) is 88.6 Å². The van der Waals surface area contributed by atoms with Crippen molar-refractivity contribution in [2.75, 3.05) is 37.2 Å². The first-order valence-corrected chi connectivity index (χ1v) is 38.7. The fourth-order valence-corrected chi connectivity index (χ4v) is 11.9. The Balaban J connectivity index is 2.47. The molecule has 0 bridgehead atoms. The van der Waals surface area contributed by atoms with Crippen LogP contribution in [-0.2, 0) is 87.9 Å². The third-order valence-electron chi connectivity index (χ3n) is 17.8. The number of aromatic amines is 1. The van der Waals surface area contributed by atoms with E-state index in [0.29, 0.717) is 16.5 Å². The number of aliphatic carboxylic acids is 2. The van der Waals surface area contributed by atoms with Crippen molar-refractivity contribution in [1.29, 1.82) is 0 Å². The number of rotatable bonds is 52. The average Bonchev–Trinajstić information content (AvgIpc) is 1.52. The van der Waals surface area contributed by atoms with Crippen LogP contribution in [0.4, 0.5) is 0 Å². The number of nitrogens with two attached hydrogens (primary N) is 3. The lowest BCUT2D eigenvalue weighted by Crippen LogP contribution is -2.62. The Morgan fingerprint density at radius 2 is 0.864 bits per heavy atom. The van der Waals surface area contributed by atoms with Crippen LogP contribution in [0.15, 0.2) is 30.5 Å². The average molecular weight is 1590 g/mol. The molecule has 616 valence electrons. The van der Waals surface area contributed by atoms with Crippen molar-refractivity contribution in [2.24, 2.45) is 35.0 Å². The van der Waals surface area contributed by atoms with Gasteiger partial charge in [0.1, 0.15) is 84.6 Å². The van der Waals surface area contributed by atoms with Gasteiger partial charge in [-0.1, -0.05) is 79.0 Å². The molecule has 2 aromatic rings. The van der Waals surface area contributed by atoms with Gasteiger partial charge in [-0.15, -0.1) is 0 Å². The van der Waals surface area contributed by atoms with Crippen LogP contribution in [0.25, 0.3) is 10.9 Å². The summed E-state index contributed by atoms with van der Waals surface area (Å²) in [5.74, 6) is -19.5. The molecule has 0 aliphatic heterocycles. The number of aromatic nitrogens is 1. The summed E-state index contributed by atoms with van der Waals surface area (Å²) in [5.41, 5.74) is 17.3. The van der Waals surface area contributed by atoms with Crippen molar-refractivity contribution in [3.05, 3.63) is 36.0 Å². The molecule has 39 nitrogen and oxygen atoms in total. The summed E-state index contributed by atoms with van der Waals surface area (Å²) in [5, 5.41) is 81.8. The molecule has 0 saturated heterocycles. The Hall–Kier alpha value is -9.71. The topological polar surface area (TPSA) is 642 Å². The molecule has 0 saturated carbocycles. The molecule has 0 unspecified atom stereocenters. The van der Waals surface area contributed by atoms with Crippen LogP contribution in [0.1, 0.15) is 132 Å². The van der Waals surface area contributed by atoms with Crippen molar-refractivity contribution in [3.8, 4) is 0 Å². The van der Waals surface area contributed by atoms with Crippen LogP contribution < -0.4 is 86.3 Å². The number of aliphatic hydroxyl groups excluding tert-OH is 3. The number of H-pyrrole nitrogens is 1. The van der Waals surface area contributed by atoms with Gasteiger partial charge in [-0.05, 0) is 99.9 Å². The van der Waals surface area contributed by atoms with E-state index in [9.17, 15) is 107 Å². The lowest BCUT2D eigenvalue weighted by molar-refractivity contribution is -0.144. The number of amides is 15. The highest BCUT2D eigenvalue weighted by molar-refractivity contribution is 7.98. The number of hydrogen-bond donors (Lipinski definition) is 22. The van der Waals surface area contributed by atoms with Crippen LogP contribution in [0.5, 0.6) is 0 Å². The number of fused-ring (bicyclic) bond motifs is 1. The van der Waals surface area contributed by atoms with Crippen molar-refractivity contribution in [1.82, 2.24) is 74.1 Å². The minimum absolute atomic E-state index is 0.0243. The Morgan fingerprint density at radius 1 is 0.455 bits per heavy atom. The maximum Gasteiger partial charge on any atom is 0.326 e. The molecule has 41 heteroatoms. The zero-order valence-electron chi connectivity index (χ0n) is 63.6. The molecule has 15 amide bonds. The first-order chi connectivity index (χ1) is 51.7. The zero-order valence-corrected chi connectivity index (χ0v) is 65.2. The van der Waals surface area contributed by atoms with E-state index in [-0.39, 0.29) is 62.4 Å². The molecule has 1 aromatic carbocycles. The maximum absolute atomic E-state index is 15.0. The van der Waals surface area contributed by atoms with Gasteiger partial charge in [-0.3, -0.25) is 76.7 Å². The van der Waals surface area contributed by atoms with Crippen LogP contribution in [-0.4, -0.2) is 259 Å². The van der Waals surface area contributed by atoms with Crippen molar-refractivity contribution in [3.63, 3.8) is 0 Å². The standard InChI is InChI=1S/C69H111N17O22S2/c1-12-33(6)54(85-65(103)49(31-88)83-57(95)35(8)75-62(100)46(28-52(92)93)80-63(101)44(25-32(4)5)79-64(102)48(30-87)84-66(104)53(72)36(9)89)67(105)86-55(37(13-2)14-3)68(106)81-45(26-38-29-73-40-18-16-15-17-39(38)40)61(99)74-34(7)56(94)76-42(21-23-109-10)59(97)78-43(22-24-110-11)60(98)77-41(19-20-50(70)90)58(96)82-47(69(107)108)27-51(71)91/h15-18,29,32-37,41-49,53-55,73,87-89H,12-14,19-28,30-31,72H2,1-11H3,(H2,70,90)(H2,71,91)(H,74,99)(H,75,100)(H,76,94)(H,77,98)(H,78,97)(H,79,102)(H,80,101)(H,81,106)(H,82,96)(H,83,95)(H,84,104)(H,85,103)(H,86,105)(H,92,93)(H,107,108)/t33-,34-,35-,36+,41-,42-,43-,44-,45-,46-,47-,48-,49-,53-,54-,55-/m0/s1. The van der Waals surface area contributed by atoms with E-state index in [1.807, 2.05) is 0 Å². The minimum atomic E-state index is -1.91. The fourth-order valence-electron chi connectivity index (χ4n) is 11.0. The molecule has 25 N–H and O–H groups in total. The number of hydrogen-bond acceptors (Lipinski definition) is 23. The van der Waals surface area contributed by atoms with E-state index < -0.39 is 242 Å². The van der Waals surface area contributed by atoms with Gasteiger partial charge in [0.25, 0.3) is 0 Å². The second kappa shape index (κ2) is 48.7. The Labute approximate surface area is 645 Å². The maximum atomic E-state index is 15.0. The Bertz CT molecular complexity index is 3510. The van der Waals surface area contributed by atoms with Crippen molar-refractivity contribution < 1.29 is 107 Å². The molecule has 1 aromatic heterocycles. The molecule has 1 heterocycles. The van der Waals surface area contributed by atoms with Crippen LogP contribution in [0, 0.1) is 17.8 Å². The second-order valence-electron chi connectivity index (χ2n) is 26.9. The van der Waals surface area contributed by atoms with E-state index >= 15 is 0 Å². The number of aliphatic hydroxyl groups is 3. The van der Waals surface area contributed by atoms with Crippen LogP contribution in [0.3, 0.4) is 0 Å². The summed E-state index contributed by atoms with van der Waals surface area (Å²) in [4.78, 5) is 231. The van der Waals surface area contributed by atoms with Gasteiger partial charge in [0, 0.05) is 29.9 Å². The summed E-state index contributed by atoms with van der Waals surface area (Å²) in [6.45, 7) is 11.6. The summed E-state index contributed by atoms with van der Waals surface area (Å²) < 4.78 is 0. The number of carbonyl (C=O) groups excluding carboxylic acids is 15. The number of para-hydroxylation sites is 1. The molecule has 0 aliphatic carbocycles.